The fourth-order valence-electron chi connectivity index (χ4n) is 1.64. The number of hydrogen-bond acceptors (Lipinski definition) is 4. The third-order valence-corrected chi connectivity index (χ3v) is 2.58. The fourth-order valence-corrected chi connectivity index (χ4v) is 1.64. The molecule has 2 aromatic heterocycles. The molecule has 0 atom stereocenters. The number of carboxylic acids is 1. The van der Waals surface area contributed by atoms with Gasteiger partial charge in [-0.3, -0.25) is 9.78 Å². The van der Waals surface area contributed by atoms with E-state index in [1.54, 1.807) is 26.0 Å². The number of carbonyl (C=O) groups is 1. The molecule has 0 aliphatic rings. The van der Waals surface area contributed by atoms with Crippen LogP contribution < -0.4 is 16.1 Å². The molecule has 0 radical (unpaired) electrons. The minimum Gasteiger partial charge on any atom is -0.478 e. The Hall–Kier alpha value is -2.70. The summed E-state index contributed by atoms with van der Waals surface area (Å²) in [5, 5.41) is 13.7. The van der Waals surface area contributed by atoms with Gasteiger partial charge in [-0.2, -0.15) is 5.10 Å². The molecular weight excluding hydrogens is 248 g/mol. The van der Waals surface area contributed by atoms with Gasteiger partial charge in [-0.25, -0.2) is 14.5 Å². The van der Waals surface area contributed by atoms with Crippen molar-refractivity contribution in [2.45, 2.75) is 13.8 Å². The monoisotopic (exact) mass is 260 g/mol. The van der Waals surface area contributed by atoms with Crippen LogP contribution in [0.1, 0.15) is 24.2 Å². The quantitative estimate of drug-likeness (QED) is 0.740. The first-order chi connectivity index (χ1) is 9.06. The first-order valence-corrected chi connectivity index (χ1v) is 5.58. The lowest BCUT2D eigenvalue weighted by atomic mass is 10.3. The van der Waals surface area contributed by atoms with E-state index in [9.17, 15) is 9.59 Å². The van der Waals surface area contributed by atoms with Crippen molar-refractivity contribution >= 4 is 18.1 Å². The Bertz CT molecular complexity index is 801. The molecule has 19 heavy (non-hydrogen) atoms. The molecule has 0 saturated heterocycles. The summed E-state index contributed by atoms with van der Waals surface area (Å²) in [5.41, 5.74) is -0.274. The molecule has 0 saturated carbocycles. The van der Waals surface area contributed by atoms with Gasteiger partial charge in [0.15, 0.2) is 0 Å². The van der Waals surface area contributed by atoms with Gasteiger partial charge in [0, 0.05) is 6.20 Å². The van der Waals surface area contributed by atoms with Crippen molar-refractivity contribution < 1.29 is 9.90 Å². The van der Waals surface area contributed by atoms with E-state index in [4.69, 9.17) is 5.11 Å². The van der Waals surface area contributed by atoms with Crippen LogP contribution in [-0.4, -0.2) is 30.8 Å². The third kappa shape index (κ3) is 2.30. The second kappa shape index (κ2) is 4.89. The number of hydrogen-bond donors (Lipinski definition) is 2. The van der Waals surface area contributed by atoms with Gasteiger partial charge in [0.2, 0.25) is 5.95 Å². The number of nitrogens with one attached hydrogen (secondary N) is 1. The van der Waals surface area contributed by atoms with Gasteiger partial charge in [-0.15, -0.1) is 0 Å². The molecule has 2 N–H and O–H groups in total. The SMILES string of the molecule is CC=c1nc(-n2cc(C(=O)O)cn2)[nH]c(=O)c1=CC. The first kappa shape index (κ1) is 12.7. The molecule has 2 aromatic rings. The summed E-state index contributed by atoms with van der Waals surface area (Å²) in [4.78, 5) is 29.4. The van der Waals surface area contributed by atoms with Crippen LogP contribution in [0.2, 0.25) is 0 Å². The minimum absolute atomic E-state index is 0.0239. The average Bonchev–Trinajstić information content (AvgIpc) is 2.87. The summed E-state index contributed by atoms with van der Waals surface area (Å²) in [6.07, 6.45) is 5.85. The lowest BCUT2D eigenvalue weighted by Crippen LogP contribution is -2.43. The summed E-state index contributed by atoms with van der Waals surface area (Å²) < 4.78 is 1.22. The van der Waals surface area contributed by atoms with Crippen molar-refractivity contribution in [3.63, 3.8) is 0 Å². The van der Waals surface area contributed by atoms with E-state index in [0.717, 1.165) is 0 Å². The average molecular weight is 260 g/mol. The molecule has 0 amide bonds. The maximum absolute atomic E-state index is 11.9. The molecule has 0 bridgehead atoms. The standard InChI is InChI=1S/C12H12N4O3/c1-3-8-9(4-2)14-12(15-10(8)17)16-6-7(5-13-16)11(18)19/h3-6H,1-2H3,(H,18,19)(H,14,15,17). The molecule has 98 valence electrons. The Labute approximate surface area is 107 Å². The molecular formula is C12H12N4O3. The van der Waals surface area contributed by atoms with Gasteiger partial charge in [0.1, 0.15) is 0 Å². The molecule has 0 aliphatic heterocycles. The second-order valence-corrected chi connectivity index (χ2v) is 3.74. The molecule has 7 heteroatoms. The number of aromatic amines is 1. The van der Waals surface area contributed by atoms with Crippen LogP contribution in [0.3, 0.4) is 0 Å². The lowest BCUT2D eigenvalue weighted by Gasteiger charge is -1.99. The van der Waals surface area contributed by atoms with Crippen LogP contribution in [0.5, 0.6) is 0 Å². The largest absolute Gasteiger partial charge is 0.478 e. The van der Waals surface area contributed by atoms with E-state index in [1.165, 1.54) is 17.1 Å². The molecule has 7 nitrogen and oxygen atoms in total. The van der Waals surface area contributed by atoms with Crippen LogP contribution >= 0.6 is 0 Å². The van der Waals surface area contributed by atoms with Crippen molar-refractivity contribution in [2.24, 2.45) is 0 Å². The number of nitrogens with zero attached hydrogens (tertiary/aromatic N) is 3. The van der Waals surface area contributed by atoms with Crippen molar-refractivity contribution in [2.75, 3.05) is 0 Å². The minimum atomic E-state index is -1.09. The summed E-state index contributed by atoms with van der Waals surface area (Å²) in [7, 11) is 0. The Kier molecular flexibility index (Phi) is 3.28. The maximum atomic E-state index is 11.9. The summed E-state index contributed by atoms with van der Waals surface area (Å²) in [5.74, 6) is -0.911. The zero-order chi connectivity index (χ0) is 14.0. The van der Waals surface area contributed by atoms with Gasteiger partial charge < -0.3 is 5.11 Å². The Morgan fingerprint density at radius 3 is 2.68 bits per heavy atom. The zero-order valence-corrected chi connectivity index (χ0v) is 10.4. The van der Waals surface area contributed by atoms with E-state index in [0.29, 0.717) is 10.6 Å². The number of H-pyrrole nitrogens is 1. The predicted molar refractivity (Wildman–Crippen MR) is 68.5 cm³/mol. The Morgan fingerprint density at radius 2 is 2.16 bits per heavy atom. The summed E-state index contributed by atoms with van der Waals surface area (Å²) >= 11 is 0. The highest BCUT2D eigenvalue weighted by molar-refractivity contribution is 5.86. The van der Waals surface area contributed by atoms with Gasteiger partial charge in [-0.05, 0) is 13.8 Å². The molecule has 0 spiro atoms. The third-order valence-electron chi connectivity index (χ3n) is 2.58. The Morgan fingerprint density at radius 1 is 1.42 bits per heavy atom. The van der Waals surface area contributed by atoms with Gasteiger partial charge >= 0.3 is 5.97 Å². The van der Waals surface area contributed by atoms with Crippen LogP contribution in [-0.2, 0) is 0 Å². The van der Waals surface area contributed by atoms with Crippen LogP contribution in [0.25, 0.3) is 18.1 Å². The summed E-state index contributed by atoms with van der Waals surface area (Å²) in [6, 6.07) is 0. The Balaban J connectivity index is 2.67. The smallest absolute Gasteiger partial charge is 0.338 e. The van der Waals surface area contributed by atoms with E-state index in [-0.39, 0.29) is 17.1 Å². The zero-order valence-electron chi connectivity index (χ0n) is 10.4. The number of aromatic carboxylic acids is 1. The molecule has 0 unspecified atom stereocenters. The number of aromatic nitrogens is 4. The fraction of sp³-hybridized carbons (Fsp3) is 0.167. The molecule has 0 aromatic carbocycles. The lowest BCUT2D eigenvalue weighted by molar-refractivity contribution is 0.0697. The van der Waals surface area contributed by atoms with Crippen LogP contribution in [0.4, 0.5) is 0 Å². The van der Waals surface area contributed by atoms with E-state index < -0.39 is 5.97 Å². The normalized spacial score (nSPS) is 12.9. The highest BCUT2D eigenvalue weighted by atomic mass is 16.4. The summed E-state index contributed by atoms with van der Waals surface area (Å²) in [6.45, 7) is 3.51. The topological polar surface area (TPSA) is 101 Å². The molecule has 0 aliphatic carbocycles. The van der Waals surface area contributed by atoms with Crippen molar-refractivity contribution in [3.05, 3.63) is 38.9 Å². The molecule has 2 rings (SSSR count). The highest BCUT2D eigenvalue weighted by Gasteiger charge is 2.09. The van der Waals surface area contributed by atoms with Gasteiger partial charge in [-0.1, -0.05) is 12.2 Å². The van der Waals surface area contributed by atoms with E-state index >= 15 is 0 Å². The van der Waals surface area contributed by atoms with Gasteiger partial charge in [0.05, 0.1) is 22.3 Å². The van der Waals surface area contributed by atoms with Crippen molar-refractivity contribution in [3.8, 4) is 5.95 Å². The van der Waals surface area contributed by atoms with E-state index in [1.807, 2.05) is 0 Å². The predicted octanol–water partition coefficient (Wildman–Crippen LogP) is -0.745. The van der Waals surface area contributed by atoms with Crippen molar-refractivity contribution in [1.82, 2.24) is 19.7 Å². The van der Waals surface area contributed by atoms with E-state index in [2.05, 4.69) is 15.1 Å². The van der Waals surface area contributed by atoms with Gasteiger partial charge in [0.25, 0.3) is 5.56 Å². The van der Waals surface area contributed by atoms with Crippen LogP contribution in [0.15, 0.2) is 17.2 Å². The first-order valence-electron chi connectivity index (χ1n) is 5.58. The maximum Gasteiger partial charge on any atom is 0.338 e. The second-order valence-electron chi connectivity index (χ2n) is 3.74. The van der Waals surface area contributed by atoms with Crippen molar-refractivity contribution in [1.29, 1.82) is 0 Å². The highest BCUT2D eigenvalue weighted by Crippen LogP contribution is 2.00. The number of carboxylic acid groups (broad SMARTS) is 1. The van der Waals surface area contributed by atoms with Crippen LogP contribution in [0, 0.1) is 0 Å². The molecule has 2 heterocycles. The number of rotatable bonds is 2. The molecule has 0 fully saturated rings.